The predicted octanol–water partition coefficient (Wildman–Crippen LogP) is 7.94. The van der Waals surface area contributed by atoms with Crippen LogP contribution in [0.4, 0.5) is 0 Å². The van der Waals surface area contributed by atoms with Gasteiger partial charge in [0.05, 0.1) is 20.6 Å². The zero-order valence-electron chi connectivity index (χ0n) is 21.8. The molecule has 0 unspecified atom stereocenters. The van der Waals surface area contributed by atoms with Crippen LogP contribution in [0.5, 0.6) is 5.75 Å². The lowest BCUT2D eigenvalue weighted by Crippen LogP contribution is -2.51. The van der Waals surface area contributed by atoms with Crippen LogP contribution in [0.3, 0.4) is 0 Å². The minimum atomic E-state index is -1.89. The summed E-state index contributed by atoms with van der Waals surface area (Å²) >= 11 is 0. The van der Waals surface area contributed by atoms with Gasteiger partial charge in [-0.2, -0.15) is 0 Å². The zero-order valence-corrected chi connectivity index (χ0v) is 22.8. The Morgan fingerprint density at radius 2 is 1.38 bits per heavy atom. The lowest BCUT2D eigenvalue weighted by atomic mass is 9.64. The minimum absolute atomic E-state index is 0.194. The molecule has 0 heterocycles. The monoisotopic (exact) mass is 466 g/mol. The quantitative estimate of drug-likeness (QED) is 0.265. The Hall–Kier alpha value is -2.84. The molecule has 0 saturated carbocycles. The van der Waals surface area contributed by atoms with E-state index in [0.717, 1.165) is 12.2 Å². The zero-order chi connectivity index (χ0) is 24.6. The van der Waals surface area contributed by atoms with Crippen LogP contribution in [0, 0.1) is 6.92 Å². The second-order valence-corrected chi connectivity index (χ2v) is 16.3. The fraction of sp³-hybridized carbons (Fsp3) is 0.312. The summed E-state index contributed by atoms with van der Waals surface area (Å²) in [4.78, 5) is 0. The molecule has 34 heavy (non-hydrogen) atoms. The van der Waals surface area contributed by atoms with Crippen LogP contribution in [-0.2, 0) is 5.41 Å². The van der Waals surface area contributed by atoms with Crippen molar-refractivity contribution in [3.63, 3.8) is 0 Å². The van der Waals surface area contributed by atoms with Gasteiger partial charge in [0.2, 0.25) is 0 Å². The summed E-state index contributed by atoms with van der Waals surface area (Å²) in [5.41, 5.74) is 5.92. The van der Waals surface area contributed by atoms with Gasteiger partial charge in [0, 0.05) is 5.56 Å². The topological polar surface area (TPSA) is 9.23 Å². The van der Waals surface area contributed by atoms with Gasteiger partial charge in [-0.25, -0.2) is 0 Å². The maximum absolute atomic E-state index is 6.40. The van der Waals surface area contributed by atoms with E-state index in [2.05, 4.69) is 132 Å². The molecule has 2 heteroatoms. The first kappa shape index (κ1) is 24.3. The van der Waals surface area contributed by atoms with Gasteiger partial charge in [0.1, 0.15) is 5.75 Å². The third kappa shape index (κ3) is 3.88. The maximum Gasteiger partial charge on any atom is 0.122 e. The van der Waals surface area contributed by atoms with Gasteiger partial charge in [-0.3, -0.25) is 0 Å². The van der Waals surface area contributed by atoms with Crippen LogP contribution in [0.2, 0.25) is 18.1 Å². The summed E-state index contributed by atoms with van der Waals surface area (Å²) in [6, 6.07) is 26.7. The highest BCUT2D eigenvalue weighted by molar-refractivity contribution is 6.92. The van der Waals surface area contributed by atoms with Crippen LogP contribution in [0.1, 0.15) is 49.4 Å². The smallest absolute Gasteiger partial charge is 0.122 e. The summed E-state index contributed by atoms with van der Waals surface area (Å²) in [5.74, 6) is 1.05. The largest absolute Gasteiger partial charge is 0.497 e. The molecule has 0 fully saturated rings. The van der Waals surface area contributed by atoms with Crippen LogP contribution < -0.4 is 9.92 Å². The number of methoxy groups -OCH3 is 1. The first-order valence-corrected chi connectivity index (χ1v) is 15.3. The molecule has 176 valence electrons. The Morgan fingerprint density at radius 3 is 1.82 bits per heavy atom. The Labute approximate surface area is 207 Å². The molecule has 1 aliphatic rings. The van der Waals surface area contributed by atoms with Crippen molar-refractivity contribution in [2.24, 2.45) is 0 Å². The third-order valence-corrected chi connectivity index (χ3v) is 13.5. The lowest BCUT2D eigenvalue weighted by Gasteiger charge is -2.42. The fourth-order valence-corrected chi connectivity index (χ4v) is 7.42. The highest BCUT2D eigenvalue weighted by atomic mass is 28.3. The molecule has 1 nitrogen and oxygen atoms in total. The van der Waals surface area contributed by atoms with Crippen molar-refractivity contribution in [2.75, 3.05) is 7.11 Å². The number of rotatable bonds is 6. The van der Waals surface area contributed by atoms with Gasteiger partial charge in [-0.05, 0) is 40.3 Å². The first-order chi connectivity index (χ1) is 16.1. The SMILES string of the molecule is COc1c(C(C2=CCC=C2)(c2ccccc2)c2ccccc2)cc(C)cc1[Si](C)(C)C(C)(C)C. The van der Waals surface area contributed by atoms with Gasteiger partial charge >= 0.3 is 0 Å². The standard InChI is InChI=1S/C32H38OSi/c1-24-22-28(30(33-5)29(23-24)34(6,7)31(2,3)4)32(27-20-14-15-21-27,25-16-10-8-11-17-25)26-18-12-9-13-19-26/h8-14,16-23H,15H2,1-7H3. The van der Waals surface area contributed by atoms with Crippen LogP contribution in [0.25, 0.3) is 0 Å². The van der Waals surface area contributed by atoms with Gasteiger partial charge in [0.15, 0.2) is 0 Å². The molecule has 4 rings (SSSR count). The average molecular weight is 467 g/mol. The molecule has 0 amide bonds. The Morgan fingerprint density at radius 1 is 0.824 bits per heavy atom. The van der Waals surface area contributed by atoms with E-state index in [0.29, 0.717) is 0 Å². The van der Waals surface area contributed by atoms with E-state index in [4.69, 9.17) is 4.74 Å². The number of allylic oxidation sites excluding steroid dienone is 4. The molecule has 0 atom stereocenters. The summed E-state index contributed by atoms with van der Waals surface area (Å²) in [5, 5.41) is 1.59. The molecule has 0 spiro atoms. The van der Waals surface area contributed by atoms with E-state index < -0.39 is 13.5 Å². The van der Waals surface area contributed by atoms with E-state index in [1.54, 1.807) is 0 Å². The number of aryl methyl sites for hydroxylation is 1. The molecular weight excluding hydrogens is 428 g/mol. The van der Waals surface area contributed by atoms with E-state index in [-0.39, 0.29) is 5.04 Å². The number of hydrogen-bond acceptors (Lipinski definition) is 1. The normalized spacial score (nSPS) is 14.3. The van der Waals surface area contributed by atoms with Gasteiger partial charge in [-0.15, -0.1) is 0 Å². The van der Waals surface area contributed by atoms with Crippen molar-refractivity contribution in [3.8, 4) is 5.75 Å². The van der Waals surface area contributed by atoms with E-state index in [1.165, 1.54) is 33.0 Å². The van der Waals surface area contributed by atoms with Gasteiger partial charge < -0.3 is 4.74 Å². The maximum atomic E-state index is 6.40. The number of hydrogen-bond donors (Lipinski definition) is 0. The lowest BCUT2D eigenvalue weighted by molar-refractivity contribution is 0.407. The van der Waals surface area contributed by atoms with Crippen molar-refractivity contribution >= 4 is 13.3 Å². The molecule has 0 bridgehead atoms. The third-order valence-electron chi connectivity index (χ3n) is 8.01. The molecular formula is C32H38OSi. The van der Waals surface area contributed by atoms with Gasteiger partial charge in [-0.1, -0.05) is 130 Å². The molecule has 0 aliphatic heterocycles. The molecule has 0 N–H and O–H groups in total. The van der Waals surface area contributed by atoms with Gasteiger partial charge in [0.25, 0.3) is 0 Å². The van der Waals surface area contributed by atoms with E-state index >= 15 is 0 Å². The predicted molar refractivity (Wildman–Crippen MR) is 149 cm³/mol. The highest BCUT2D eigenvalue weighted by Crippen LogP contribution is 2.51. The van der Waals surface area contributed by atoms with E-state index in [1.807, 2.05) is 7.11 Å². The Kier molecular flexibility index (Phi) is 6.48. The molecule has 0 saturated heterocycles. The second kappa shape index (κ2) is 9.07. The van der Waals surface area contributed by atoms with Crippen LogP contribution >= 0.6 is 0 Å². The highest BCUT2D eigenvalue weighted by Gasteiger charge is 2.45. The summed E-state index contributed by atoms with van der Waals surface area (Å²) < 4.78 is 6.40. The Bertz CT molecular complexity index is 1170. The van der Waals surface area contributed by atoms with E-state index in [9.17, 15) is 0 Å². The molecule has 1 aliphatic carbocycles. The van der Waals surface area contributed by atoms with Crippen molar-refractivity contribution in [1.29, 1.82) is 0 Å². The Balaban J connectivity index is 2.20. The molecule has 0 aromatic heterocycles. The van der Waals surface area contributed by atoms with Crippen LogP contribution in [0.15, 0.2) is 96.6 Å². The minimum Gasteiger partial charge on any atom is -0.497 e. The summed E-state index contributed by atoms with van der Waals surface area (Å²) in [6.45, 7) is 14.3. The number of benzene rings is 3. The molecule has 3 aromatic rings. The van der Waals surface area contributed by atoms with Crippen molar-refractivity contribution < 1.29 is 4.74 Å². The van der Waals surface area contributed by atoms with Crippen LogP contribution in [-0.4, -0.2) is 15.2 Å². The first-order valence-electron chi connectivity index (χ1n) is 12.3. The second-order valence-electron chi connectivity index (χ2n) is 11.0. The fourth-order valence-electron chi connectivity index (χ4n) is 5.22. The van der Waals surface area contributed by atoms with Crippen molar-refractivity contribution in [2.45, 2.75) is 57.7 Å². The molecule has 0 radical (unpaired) electrons. The number of ether oxygens (including phenoxy) is 1. The molecule has 3 aromatic carbocycles. The van der Waals surface area contributed by atoms with Crippen molar-refractivity contribution in [1.82, 2.24) is 0 Å². The van der Waals surface area contributed by atoms with Crippen molar-refractivity contribution in [3.05, 3.63) is 119 Å². The summed E-state index contributed by atoms with van der Waals surface area (Å²) in [7, 11) is -0.0404. The summed E-state index contributed by atoms with van der Waals surface area (Å²) in [6.07, 6.45) is 7.93. The average Bonchev–Trinajstić information content (AvgIpc) is 3.35.